The predicted octanol–water partition coefficient (Wildman–Crippen LogP) is 3.26. The van der Waals surface area contributed by atoms with Crippen LogP contribution in [-0.4, -0.2) is 10.5 Å². The molecule has 0 spiro atoms. The van der Waals surface area contributed by atoms with E-state index in [0.717, 1.165) is 11.6 Å². The van der Waals surface area contributed by atoms with Crippen LogP contribution in [0.2, 0.25) is 5.02 Å². The second-order valence-corrected chi connectivity index (χ2v) is 5.83. The van der Waals surface area contributed by atoms with Crippen molar-refractivity contribution in [1.82, 2.24) is 9.88 Å². The second kappa shape index (κ2) is 6.45. The Balaban J connectivity index is 1.94. The van der Waals surface area contributed by atoms with Crippen molar-refractivity contribution in [2.45, 2.75) is 6.54 Å². The van der Waals surface area contributed by atoms with Crippen LogP contribution in [0.4, 0.5) is 4.39 Å². The minimum absolute atomic E-state index is 0.0392. The Morgan fingerprint density at radius 3 is 2.75 bits per heavy atom. The number of aromatic nitrogens is 1. The van der Waals surface area contributed by atoms with Crippen LogP contribution in [0, 0.1) is 5.82 Å². The molecule has 0 aliphatic heterocycles. The third kappa shape index (κ3) is 3.03. The maximum atomic E-state index is 13.4. The predicted molar refractivity (Wildman–Crippen MR) is 91.8 cm³/mol. The van der Waals surface area contributed by atoms with Crippen molar-refractivity contribution >= 4 is 28.4 Å². The highest BCUT2D eigenvalue weighted by Crippen LogP contribution is 2.15. The van der Waals surface area contributed by atoms with Gasteiger partial charge in [-0.1, -0.05) is 29.8 Å². The van der Waals surface area contributed by atoms with E-state index in [1.165, 1.54) is 18.3 Å². The summed E-state index contributed by atoms with van der Waals surface area (Å²) < 4.78 is 15.1. The summed E-state index contributed by atoms with van der Waals surface area (Å²) >= 11 is 6.05. The number of rotatable bonds is 3. The minimum Gasteiger partial charge on any atom is -0.350 e. The van der Waals surface area contributed by atoms with Gasteiger partial charge in [0.2, 0.25) is 5.43 Å². The molecule has 0 saturated heterocycles. The average molecular weight is 345 g/mol. The number of hydrogen-bond acceptors (Lipinski definition) is 2. The third-order valence-electron chi connectivity index (χ3n) is 3.79. The van der Waals surface area contributed by atoms with Gasteiger partial charge in [-0.05, 0) is 29.8 Å². The number of aryl methyl sites for hydroxylation is 1. The van der Waals surface area contributed by atoms with Gasteiger partial charge in [0, 0.05) is 30.2 Å². The van der Waals surface area contributed by atoms with Crippen molar-refractivity contribution in [2.75, 3.05) is 0 Å². The number of pyridine rings is 1. The van der Waals surface area contributed by atoms with E-state index in [1.807, 2.05) is 6.07 Å². The fraction of sp³-hybridized carbons (Fsp3) is 0.111. The number of hydrogen-bond donors (Lipinski definition) is 1. The van der Waals surface area contributed by atoms with Gasteiger partial charge >= 0.3 is 0 Å². The molecule has 0 atom stereocenters. The number of amides is 1. The molecule has 0 fully saturated rings. The molecule has 3 aromatic rings. The number of carbonyl (C=O) groups is 1. The van der Waals surface area contributed by atoms with Crippen molar-refractivity contribution in [3.05, 3.63) is 80.9 Å². The van der Waals surface area contributed by atoms with Crippen LogP contribution in [-0.2, 0) is 13.6 Å². The normalized spacial score (nSPS) is 10.8. The highest BCUT2D eigenvalue weighted by molar-refractivity contribution is 6.31. The van der Waals surface area contributed by atoms with Crippen LogP contribution in [0.25, 0.3) is 10.9 Å². The van der Waals surface area contributed by atoms with Gasteiger partial charge in [0.25, 0.3) is 5.91 Å². The fourth-order valence-corrected chi connectivity index (χ4v) is 2.74. The Kier molecular flexibility index (Phi) is 4.36. The van der Waals surface area contributed by atoms with Crippen molar-refractivity contribution in [2.24, 2.45) is 7.05 Å². The summed E-state index contributed by atoms with van der Waals surface area (Å²) in [5.41, 5.74) is 0.766. The lowest BCUT2D eigenvalue weighted by atomic mass is 10.1. The van der Waals surface area contributed by atoms with Crippen molar-refractivity contribution in [3.63, 3.8) is 0 Å². The monoisotopic (exact) mass is 344 g/mol. The molecule has 1 N–H and O–H groups in total. The van der Waals surface area contributed by atoms with Crippen LogP contribution in [0.15, 0.2) is 53.5 Å². The highest BCUT2D eigenvalue weighted by Gasteiger charge is 2.15. The maximum absolute atomic E-state index is 13.4. The molecule has 0 aliphatic carbocycles. The second-order valence-electron chi connectivity index (χ2n) is 5.42. The minimum atomic E-state index is -0.526. The molecule has 24 heavy (non-hydrogen) atoms. The van der Waals surface area contributed by atoms with Gasteiger partial charge in [-0.2, -0.15) is 0 Å². The first-order valence-electron chi connectivity index (χ1n) is 7.28. The molecule has 0 bridgehead atoms. The molecule has 122 valence electrons. The van der Waals surface area contributed by atoms with Crippen LogP contribution in [0.1, 0.15) is 15.9 Å². The molecule has 0 radical (unpaired) electrons. The Morgan fingerprint density at radius 1 is 1.25 bits per heavy atom. The SMILES string of the molecule is Cn1cc(C(=O)NCc2ccccc2Cl)c(=O)c2cc(F)ccc21. The third-order valence-corrected chi connectivity index (χ3v) is 4.16. The smallest absolute Gasteiger partial charge is 0.257 e. The van der Waals surface area contributed by atoms with Crippen LogP contribution in [0.3, 0.4) is 0 Å². The summed E-state index contributed by atoms with van der Waals surface area (Å²) in [4.78, 5) is 24.9. The van der Waals surface area contributed by atoms with E-state index in [-0.39, 0.29) is 17.5 Å². The van der Waals surface area contributed by atoms with Crippen LogP contribution >= 0.6 is 11.6 Å². The van der Waals surface area contributed by atoms with Gasteiger partial charge in [-0.25, -0.2) is 4.39 Å². The summed E-state index contributed by atoms with van der Waals surface area (Å²) in [7, 11) is 1.70. The van der Waals surface area contributed by atoms with E-state index in [0.29, 0.717) is 10.5 Å². The van der Waals surface area contributed by atoms with E-state index in [1.54, 1.807) is 29.8 Å². The van der Waals surface area contributed by atoms with E-state index in [4.69, 9.17) is 11.6 Å². The quantitative estimate of drug-likeness (QED) is 0.793. The largest absolute Gasteiger partial charge is 0.350 e. The number of nitrogens with zero attached hydrogens (tertiary/aromatic N) is 1. The molecule has 1 heterocycles. The summed E-state index contributed by atoms with van der Waals surface area (Å²) in [6.07, 6.45) is 1.45. The lowest BCUT2D eigenvalue weighted by molar-refractivity contribution is 0.0949. The highest BCUT2D eigenvalue weighted by atomic mass is 35.5. The van der Waals surface area contributed by atoms with Crippen LogP contribution < -0.4 is 10.7 Å². The zero-order valence-electron chi connectivity index (χ0n) is 12.8. The fourth-order valence-electron chi connectivity index (χ4n) is 2.54. The van der Waals surface area contributed by atoms with Gasteiger partial charge in [0.1, 0.15) is 11.4 Å². The zero-order chi connectivity index (χ0) is 17.3. The molecule has 0 aliphatic rings. The summed E-state index contributed by atoms with van der Waals surface area (Å²) in [6.45, 7) is 0.197. The summed E-state index contributed by atoms with van der Waals surface area (Å²) in [6, 6.07) is 11.0. The Labute approximate surface area is 142 Å². The maximum Gasteiger partial charge on any atom is 0.257 e. The lowest BCUT2D eigenvalue weighted by Gasteiger charge is -2.10. The van der Waals surface area contributed by atoms with E-state index >= 15 is 0 Å². The van der Waals surface area contributed by atoms with Gasteiger partial charge in [-0.3, -0.25) is 9.59 Å². The van der Waals surface area contributed by atoms with Gasteiger partial charge in [0.05, 0.1) is 5.52 Å². The number of nitrogens with one attached hydrogen (secondary N) is 1. The first-order valence-corrected chi connectivity index (χ1v) is 7.65. The molecule has 1 aromatic heterocycles. The van der Waals surface area contributed by atoms with E-state index in [2.05, 4.69) is 5.32 Å². The standard InChI is InChI=1S/C18H14ClFN2O2/c1-22-10-14(17(23)13-8-12(20)6-7-16(13)22)18(24)21-9-11-4-2-3-5-15(11)19/h2-8,10H,9H2,1H3,(H,21,24). The van der Waals surface area contributed by atoms with Crippen molar-refractivity contribution in [1.29, 1.82) is 0 Å². The molecule has 2 aromatic carbocycles. The molecule has 0 unspecified atom stereocenters. The van der Waals surface area contributed by atoms with Crippen molar-refractivity contribution < 1.29 is 9.18 Å². The summed E-state index contributed by atoms with van der Waals surface area (Å²) in [5.74, 6) is -1.05. The summed E-state index contributed by atoms with van der Waals surface area (Å²) in [5, 5.41) is 3.38. The topological polar surface area (TPSA) is 51.1 Å². The average Bonchev–Trinajstić information content (AvgIpc) is 2.57. The van der Waals surface area contributed by atoms with Crippen LogP contribution in [0.5, 0.6) is 0 Å². The molecule has 4 nitrogen and oxygen atoms in total. The molecule has 1 amide bonds. The lowest BCUT2D eigenvalue weighted by Crippen LogP contribution is -2.29. The number of halogens is 2. The van der Waals surface area contributed by atoms with E-state index < -0.39 is 17.2 Å². The molecule has 6 heteroatoms. The first kappa shape index (κ1) is 16.2. The number of benzene rings is 2. The Morgan fingerprint density at radius 2 is 2.00 bits per heavy atom. The Bertz CT molecular complexity index is 998. The first-order chi connectivity index (χ1) is 11.5. The zero-order valence-corrected chi connectivity index (χ0v) is 13.6. The van der Waals surface area contributed by atoms with Crippen molar-refractivity contribution in [3.8, 4) is 0 Å². The van der Waals surface area contributed by atoms with Gasteiger partial charge < -0.3 is 9.88 Å². The molecule has 3 rings (SSSR count). The van der Waals surface area contributed by atoms with Gasteiger partial charge in [-0.15, -0.1) is 0 Å². The molecule has 0 saturated carbocycles. The molecular weight excluding hydrogens is 331 g/mol. The number of fused-ring (bicyclic) bond motifs is 1. The number of carbonyl (C=O) groups excluding carboxylic acids is 1. The Hall–Kier alpha value is -2.66. The molecular formula is C18H14ClFN2O2. The van der Waals surface area contributed by atoms with E-state index in [9.17, 15) is 14.0 Å². The van der Waals surface area contributed by atoms with Gasteiger partial charge in [0.15, 0.2) is 0 Å².